The van der Waals surface area contributed by atoms with E-state index in [1.165, 1.54) is 11.3 Å². The molecule has 1 aromatic rings. The van der Waals surface area contributed by atoms with E-state index in [9.17, 15) is 9.90 Å². The lowest BCUT2D eigenvalue weighted by atomic mass is 9.87. The second-order valence-corrected chi connectivity index (χ2v) is 7.46. The van der Waals surface area contributed by atoms with Gasteiger partial charge in [-0.2, -0.15) is 0 Å². The normalized spacial score (nSPS) is 14.9. The van der Waals surface area contributed by atoms with Gasteiger partial charge in [-0.3, -0.25) is 0 Å². The molecule has 0 spiro atoms. The molecule has 20 heavy (non-hydrogen) atoms. The van der Waals surface area contributed by atoms with Gasteiger partial charge in [-0.25, -0.2) is 9.78 Å². The van der Waals surface area contributed by atoms with Gasteiger partial charge in [0.25, 0.3) is 0 Å². The molecule has 4 nitrogen and oxygen atoms in total. The molecule has 0 aliphatic carbocycles. The molecule has 1 N–H and O–H groups in total. The number of nitrogens with zero attached hydrogens (tertiary/aromatic N) is 2. The van der Waals surface area contributed by atoms with Gasteiger partial charge in [0.2, 0.25) is 0 Å². The number of carboxylic acid groups (broad SMARTS) is 1. The highest BCUT2D eigenvalue weighted by Gasteiger charge is 2.28. The first-order valence-corrected chi connectivity index (χ1v) is 7.88. The Labute approximate surface area is 125 Å². The smallest absolute Gasteiger partial charge is 0.347 e. The number of hydrogen-bond donors (Lipinski definition) is 1. The zero-order valence-corrected chi connectivity index (χ0v) is 14.3. The van der Waals surface area contributed by atoms with Crippen LogP contribution in [-0.4, -0.2) is 29.1 Å². The van der Waals surface area contributed by atoms with Crippen molar-refractivity contribution in [3.63, 3.8) is 0 Å². The maximum atomic E-state index is 11.4. The van der Waals surface area contributed by atoms with Gasteiger partial charge in [0, 0.05) is 13.1 Å². The summed E-state index contributed by atoms with van der Waals surface area (Å²) < 4.78 is 0. The van der Waals surface area contributed by atoms with Gasteiger partial charge in [-0.05, 0) is 24.7 Å². The summed E-state index contributed by atoms with van der Waals surface area (Å²) in [5, 5.41) is 10.1. The molecule has 0 saturated heterocycles. The molecule has 0 fully saturated rings. The molecule has 1 rings (SSSR count). The topological polar surface area (TPSA) is 53.4 Å². The number of aromatic nitrogens is 1. The largest absolute Gasteiger partial charge is 0.477 e. The molecule has 0 radical (unpaired) electrons. The van der Waals surface area contributed by atoms with Crippen LogP contribution in [0.1, 0.15) is 69.2 Å². The van der Waals surface area contributed by atoms with Gasteiger partial charge in [0.15, 0.2) is 5.13 Å². The van der Waals surface area contributed by atoms with Crippen LogP contribution in [0.4, 0.5) is 5.13 Å². The number of carboxylic acids is 1. The third kappa shape index (κ3) is 3.51. The Kier molecular flexibility index (Phi) is 5.19. The molecule has 1 aromatic heterocycles. The number of hydrogen-bond acceptors (Lipinski definition) is 4. The molecule has 0 saturated carbocycles. The zero-order valence-electron chi connectivity index (χ0n) is 13.5. The molecular formula is C15H26N2O2S. The zero-order chi connectivity index (χ0) is 15.7. The summed E-state index contributed by atoms with van der Waals surface area (Å²) >= 11 is 1.28. The molecular weight excluding hydrogens is 272 g/mol. The highest BCUT2D eigenvalue weighted by Crippen LogP contribution is 2.35. The van der Waals surface area contributed by atoms with E-state index in [0.717, 1.165) is 11.6 Å². The highest BCUT2D eigenvalue weighted by atomic mass is 32.1. The molecule has 2 unspecified atom stereocenters. The summed E-state index contributed by atoms with van der Waals surface area (Å²) in [6.07, 6.45) is 0.891. The minimum Gasteiger partial charge on any atom is -0.477 e. The van der Waals surface area contributed by atoms with Crippen molar-refractivity contribution in [3.05, 3.63) is 10.6 Å². The maximum absolute atomic E-state index is 11.4. The van der Waals surface area contributed by atoms with Crippen molar-refractivity contribution in [2.24, 2.45) is 5.41 Å². The maximum Gasteiger partial charge on any atom is 0.347 e. The Morgan fingerprint density at radius 2 is 1.95 bits per heavy atom. The van der Waals surface area contributed by atoms with E-state index in [0.29, 0.717) is 10.6 Å². The van der Waals surface area contributed by atoms with Gasteiger partial charge in [-0.1, -0.05) is 46.0 Å². The molecule has 0 amide bonds. The molecule has 0 aliphatic rings. The lowest BCUT2D eigenvalue weighted by molar-refractivity contribution is 0.0700. The summed E-state index contributed by atoms with van der Waals surface area (Å²) in [5.41, 5.74) is 0.827. The first-order valence-electron chi connectivity index (χ1n) is 7.06. The van der Waals surface area contributed by atoms with E-state index >= 15 is 0 Å². The number of thiazole rings is 1. The fourth-order valence-electron chi connectivity index (χ4n) is 1.90. The number of anilines is 1. The molecule has 0 aromatic carbocycles. The average Bonchev–Trinajstić information content (AvgIpc) is 2.80. The molecule has 114 valence electrons. The van der Waals surface area contributed by atoms with Crippen molar-refractivity contribution in [1.29, 1.82) is 0 Å². The van der Waals surface area contributed by atoms with E-state index in [4.69, 9.17) is 0 Å². The fraction of sp³-hybridized carbons (Fsp3) is 0.733. The predicted octanol–water partition coefficient (Wildman–Crippen LogP) is 4.23. The van der Waals surface area contributed by atoms with Gasteiger partial charge in [0.1, 0.15) is 4.88 Å². The third-order valence-corrected chi connectivity index (χ3v) is 5.20. The second kappa shape index (κ2) is 6.12. The third-order valence-electron chi connectivity index (χ3n) is 4.05. The van der Waals surface area contributed by atoms with Crippen LogP contribution in [0.5, 0.6) is 0 Å². The van der Waals surface area contributed by atoms with Crippen LogP contribution >= 0.6 is 11.3 Å². The van der Waals surface area contributed by atoms with E-state index in [1.807, 2.05) is 14.0 Å². The van der Waals surface area contributed by atoms with Crippen molar-refractivity contribution in [3.8, 4) is 0 Å². The first kappa shape index (κ1) is 17.0. The Hall–Kier alpha value is -1.10. The molecule has 2 atom stereocenters. The summed E-state index contributed by atoms with van der Waals surface area (Å²) in [5.74, 6) is -0.703. The quantitative estimate of drug-likeness (QED) is 0.884. The van der Waals surface area contributed by atoms with Crippen LogP contribution < -0.4 is 4.90 Å². The van der Waals surface area contributed by atoms with Crippen molar-refractivity contribution in [2.45, 2.75) is 59.9 Å². The van der Waals surface area contributed by atoms with Crippen LogP contribution in [0.2, 0.25) is 0 Å². The van der Waals surface area contributed by atoms with Crippen LogP contribution in [0.15, 0.2) is 0 Å². The number of rotatable bonds is 5. The molecule has 0 bridgehead atoms. The van der Waals surface area contributed by atoms with Gasteiger partial charge >= 0.3 is 5.97 Å². The summed E-state index contributed by atoms with van der Waals surface area (Å²) in [4.78, 5) is 18.5. The Balaban J connectivity index is 3.18. The Morgan fingerprint density at radius 1 is 1.40 bits per heavy atom. The predicted molar refractivity (Wildman–Crippen MR) is 85.1 cm³/mol. The summed E-state index contributed by atoms with van der Waals surface area (Å²) in [7, 11) is 1.99. The van der Waals surface area contributed by atoms with E-state index in [2.05, 4.69) is 44.5 Å². The van der Waals surface area contributed by atoms with Gasteiger partial charge < -0.3 is 10.0 Å². The average molecular weight is 298 g/mol. The van der Waals surface area contributed by atoms with Crippen molar-refractivity contribution >= 4 is 22.4 Å². The van der Waals surface area contributed by atoms with Crippen LogP contribution in [0.3, 0.4) is 0 Å². The van der Waals surface area contributed by atoms with Crippen molar-refractivity contribution < 1.29 is 9.90 Å². The summed E-state index contributed by atoms with van der Waals surface area (Å²) in [6, 6.07) is 0.278. The van der Waals surface area contributed by atoms with Crippen molar-refractivity contribution in [2.75, 3.05) is 11.9 Å². The van der Waals surface area contributed by atoms with Gasteiger partial charge in [-0.15, -0.1) is 0 Å². The van der Waals surface area contributed by atoms with E-state index in [-0.39, 0.29) is 17.4 Å². The number of carbonyl (C=O) groups is 1. The fourth-order valence-corrected chi connectivity index (χ4v) is 2.97. The van der Waals surface area contributed by atoms with Gasteiger partial charge in [0.05, 0.1) is 5.69 Å². The van der Waals surface area contributed by atoms with E-state index in [1.54, 1.807) is 0 Å². The van der Waals surface area contributed by atoms with Crippen LogP contribution in [0.25, 0.3) is 0 Å². The first-order chi connectivity index (χ1) is 9.09. The highest BCUT2D eigenvalue weighted by molar-refractivity contribution is 7.17. The Bertz CT molecular complexity index is 477. The summed E-state index contributed by atoms with van der Waals surface area (Å²) in [6.45, 7) is 12.8. The SMILES string of the molecule is CCC(C)c1nc(N(C)C(C)C(C)(C)C)sc1C(=O)O. The monoisotopic (exact) mass is 298 g/mol. The standard InChI is InChI=1S/C15H26N2O2S/c1-8-9(2)11-12(13(18)19)20-14(16-11)17(7)10(3)15(4,5)6/h9-10H,8H2,1-7H3,(H,18,19). The van der Waals surface area contributed by atoms with Crippen molar-refractivity contribution in [1.82, 2.24) is 4.98 Å². The van der Waals surface area contributed by atoms with E-state index < -0.39 is 5.97 Å². The number of aromatic carboxylic acids is 1. The molecule has 1 heterocycles. The lowest BCUT2D eigenvalue weighted by Gasteiger charge is -2.35. The van der Waals surface area contributed by atoms with Crippen LogP contribution in [-0.2, 0) is 0 Å². The molecule has 0 aliphatic heterocycles. The second-order valence-electron chi connectivity index (χ2n) is 6.48. The molecule has 5 heteroatoms. The minimum atomic E-state index is -0.874. The Morgan fingerprint density at radius 3 is 2.35 bits per heavy atom. The minimum absolute atomic E-state index is 0.111. The van der Waals surface area contributed by atoms with Crippen LogP contribution in [0, 0.1) is 5.41 Å². The lowest BCUT2D eigenvalue weighted by Crippen LogP contribution is -2.39.